The van der Waals surface area contributed by atoms with Gasteiger partial charge in [0.1, 0.15) is 6.61 Å². The Bertz CT molecular complexity index is 744. The van der Waals surface area contributed by atoms with Crippen molar-refractivity contribution in [2.75, 3.05) is 20.3 Å². The monoisotopic (exact) mass is 730 g/mol. The number of unbranched alkanes of at least 4 members (excludes halogenated alkanes) is 24. The topological polar surface area (TPSA) is 74.3 Å². The van der Waals surface area contributed by atoms with Crippen LogP contribution in [-0.4, -0.2) is 55.1 Å². The molecule has 8 heteroatoms. The van der Waals surface area contributed by atoms with E-state index in [1.165, 1.54) is 135 Å². The molecule has 0 aromatic carbocycles. The lowest BCUT2D eigenvalue weighted by atomic mass is 10.0. The largest absolute Gasteiger partial charge is 0.462 e. The van der Waals surface area contributed by atoms with Crippen LogP contribution in [0.15, 0.2) is 0 Å². The fourth-order valence-corrected chi connectivity index (χ4v) is 8.00. The lowest BCUT2D eigenvalue weighted by Gasteiger charge is -2.35. The molecule has 1 unspecified atom stereocenters. The fraction of sp³-hybridized carbons (Fsp3) is 0.952. The number of carbonyl (C=O) groups excluding carboxylic acids is 2. The number of rotatable bonds is 38. The van der Waals surface area contributed by atoms with E-state index in [1.54, 1.807) is 7.11 Å². The summed E-state index contributed by atoms with van der Waals surface area (Å²) in [7, 11) is 0.313. The summed E-state index contributed by atoms with van der Waals surface area (Å²) in [5.41, 5.74) is 0. The van der Waals surface area contributed by atoms with Gasteiger partial charge in [-0.1, -0.05) is 168 Å². The number of nitrogens with zero attached hydrogens (tertiary/aromatic N) is 1. The zero-order valence-corrected chi connectivity index (χ0v) is 35.2. The second kappa shape index (κ2) is 36.6. The van der Waals surface area contributed by atoms with Gasteiger partial charge < -0.3 is 18.5 Å². The zero-order chi connectivity index (χ0) is 37.1. The minimum atomic E-state index is -1.33. The van der Waals surface area contributed by atoms with Crippen LogP contribution < -0.4 is 0 Å². The van der Waals surface area contributed by atoms with E-state index in [9.17, 15) is 9.59 Å². The molecule has 0 aliphatic rings. The van der Waals surface area contributed by atoms with Crippen LogP contribution in [0.1, 0.15) is 221 Å². The summed E-state index contributed by atoms with van der Waals surface area (Å²) >= 11 is 0. The zero-order valence-electron chi connectivity index (χ0n) is 34.3. The van der Waals surface area contributed by atoms with Gasteiger partial charge in [0.2, 0.25) is 0 Å². The van der Waals surface area contributed by atoms with Crippen molar-refractivity contribution < 1.29 is 28.1 Å². The summed E-state index contributed by atoms with van der Waals surface area (Å²) in [4.78, 5) is 25.4. The van der Waals surface area contributed by atoms with E-state index in [0.717, 1.165) is 32.1 Å². The van der Waals surface area contributed by atoms with Crippen molar-refractivity contribution in [2.24, 2.45) is 0 Å². The third kappa shape index (κ3) is 30.8. The van der Waals surface area contributed by atoms with Gasteiger partial charge in [0, 0.05) is 32.0 Å². The first-order valence-electron chi connectivity index (χ1n) is 21.4. The van der Waals surface area contributed by atoms with Crippen LogP contribution in [0.4, 0.5) is 0 Å². The molecule has 0 heterocycles. The first kappa shape index (κ1) is 49.2. The molecule has 0 bridgehead atoms. The molecule has 0 rings (SSSR count). The maximum absolute atomic E-state index is 12.8. The number of carbonyl (C=O) groups is 2. The Labute approximate surface area is 312 Å². The molecule has 298 valence electrons. The van der Waals surface area contributed by atoms with Crippen LogP contribution in [0.3, 0.4) is 0 Å². The Hall–Kier alpha value is -0.750. The molecule has 0 saturated heterocycles. The van der Waals surface area contributed by atoms with Crippen molar-refractivity contribution in [1.82, 2.24) is 4.67 Å². The highest BCUT2D eigenvalue weighted by Crippen LogP contribution is 2.45. The van der Waals surface area contributed by atoms with Crippen LogP contribution in [0.5, 0.6) is 0 Å². The molecule has 0 fully saturated rings. The van der Waals surface area contributed by atoms with Crippen LogP contribution in [0.25, 0.3) is 0 Å². The minimum absolute atomic E-state index is 0.0118. The van der Waals surface area contributed by atoms with E-state index in [4.69, 9.17) is 18.5 Å². The van der Waals surface area contributed by atoms with Crippen LogP contribution >= 0.6 is 8.53 Å². The highest BCUT2D eigenvalue weighted by Gasteiger charge is 2.28. The van der Waals surface area contributed by atoms with Crippen LogP contribution in [0, 0.1) is 0 Å². The van der Waals surface area contributed by atoms with Gasteiger partial charge in [0.25, 0.3) is 8.53 Å². The van der Waals surface area contributed by atoms with Crippen molar-refractivity contribution in [3.05, 3.63) is 0 Å². The van der Waals surface area contributed by atoms with Gasteiger partial charge >= 0.3 is 11.9 Å². The molecule has 7 nitrogen and oxygen atoms in total. The first-order chi connectivity index (χ1) is 24.3. The second-order valence-corrected chi connectivity index (χ2v) is 16.6. The predicted octanol–water partition coefficient (Wildman–Crippen LogP) is 13.4. The Morgan fingerprint density at radius 3 is 1.18 bits per heavy atom. The quantitative estimate of drug-likeness (QED) is 0.0356. The smallest absolute Gasteiger partial charge is 0.306 e. The Kier molecular flexibility index (Phi) is 36.1. The van der Waals surface area contributed by atoms with E-state index >= 15 is 0 Å². The molecule has 0 aliphatic heterocycles. The lowest BCUT2D eigenvalue weighted by molar-refractivity contribution is -0.161. The second-order valence-electron chi connectivity index (χ2n) is 15.1. The van der Waals surface area contributed by atoms with E-state index < -0.39 is 14.6 Å². The Balaban J connectivity index is 4.45. The predicted molar refractivity (Wildman–Crippen MR) is 213 cm³/mol. The summed E-state index contributed by atoms with van der Waals surface area (Å²) in [6.07, 6.45) is 33.1. The van der Waals surface area contributed by atoms with E-state index in [-0.39, 0.29) is 37.2 Å². The molecule has 0 N–H and O–H groups in total. The van der Waals surface area contributed by atoms with Gasteiger partial charge in [-0.25, -0.2) is 4.67 Å². The molecule has 0 spiro atoms. The number of hydrogen-bond donors (Lipinski definition) is 0. The molecule has 0 aliphatic carbocycles. The number of hydrogen-bond acceptors (Lipinski definition) is 7. The summed E-state index contributed by atoms with van der Waals surface area (Å²) in [6.45, 7) is 13.1. The normalized spacial score (nSPS) is 13.0. The third-order valence-electron chi connectivity index (χ3n) is 9.47. The molecule has 2 atom stereocenters. The van der Waals surface area contributed by atoms with Crippen molar-refractivity contribution >= 4 is 20.5 Å². The van der Waals surface area contributed by atoms with E-state index in [1.807, 2.05) is 0 Å². The highest BCUT2D eigenvalue weighted by atomic mass is 31.2. The molecular formula is C42H84NO6P. The van der Waals surface area contributed by atoms with Crippen molar-refractivity contribution in [3.8, 4) is 0 Å². The molecule has 0 saturated carbocycles. The van der Waals surface area contributed by atoms with E-state index in [0.29, 0.717) is 12.8 Å². The summed E-state index contributed by atoms with van der Waals surface area (Å²) in [5.74, 6) is -0.480. The SMILES string of the molecule is CCCCCCCCCCCCCCCC(=O)OC[C@H](COP(OC)N(C(C)C)C(C)C)OC(=O)CCCCCCCCCCCCCCC. The maximum atomic E-state index is 12.8. The molecule has 0 aromatic heterocycles. The number of ether oxygens (including phenoxy) is 2. The van der Waals surface area contributed by atoms with Crippen molar-refractivity contribution in [2.45, 2.75) is 240 Å². The molecular weight excluding hydrogens is 645 g/mol. The van der Waals surface area contributed by atoms with Crippen LogP contribution in [-0.2, 0) is 28.1 Å². The summed E-state index contributed by atoms with van der Waals surface area (Å²) < 4.78 is 25.5. The van der Waals surface area contributed by atoms with Gasteiger partial charge in [0.05, 0.1) is 6.61 Å². The molecule has 0 aromatic rings. The van der Waals surface area contributed by atoms with Crippen molar-refractivity contribution in [3.63, 3.8) is 0 Å². The first-order valence-corrected chi connectivity index (χ1v) is 22.5. The third-order valence-corrected chi connectivity index (χ3v) is 11.5. The van der Waals surface area contributed by atoms with Gasteiger partial charge in [-0.3, -0.25) is 9.59 Å². The minimum Gasteiger partial charge on any atom is -0.462 e. The molecule has 0 radical (unpaired) electrons. The van der Waals surface area contributed by atoms with Crippen LogP contribution in [0.2, 0.25) is 0 Å². The number of esters is 2. The lowest BCUT2D eigenvalue weighted by Crippen LogP contribution is -2.35. The Morgan fingerprint density at radius 2 is 0.840 bits per heavy atom. The van der Waals surface area contributed by atoms with Gasteiger partial charge in [-0.05, 0) is 40.5 Å². The van der Waals surface area contributed by atoms with Gasteiger partial charge in [-0.2, -0.15) is 0 Å². The van der Waals surface area contributed by atoms with Gasteiger partial charge in [-0.15, -0.1) is 0 Å². The fourth-order valence-electron chi connectivity index (χ4n) is 6.53. The average molecular weight is 730 g/mol. The summed E-state index contributed by atoms with van der Waals surface area (Å²) in [6, 6.07) is 0.464. The maximum Gasteiger partial charge on any atom is 0.306 e. The van der Waals surface area contributed by atoms with E-state index in [2.05, 4.69) is 46.2 Å². The average Bonchev–Trinajstić information content (AvgIpc) is 3.08. The highest BCUT2D eigenvalue weighted by molar-refractivity contribution is 7.44. The summed E-state index contributed by atoms with van der Waals surface area (Å²) in [5, 5.41) is 0. The standard InChI is InChI=1S/C42H84NO6P/c1-8-10-12-14-16-18-20-22-24-26-28-30-32-34-41(44)47-36-40(37-48-50(46-7)43(38(3)4)39(5)6)49-42(45)35-33-31-29-27-25-23-21-19-17-15-13-11-9-2/h38-40H,8-37H2,1-7H3/t40-,50?/m1/s1. The molecule has 50 heavy (non-hydrogen) atoms. The van der Waals surface area contributed by atoms with Crippen molar-refractivity contribution in [1.29, 1.82) is 0 Å². The Morgan fingerprint density at radius 1 is 0.500 bits per heavy atom. The van der Waals surface area contributed by atoms with Gasteiger partial charge in [0.15, 0.2) is 6.10 Å². The molecule has 0 amide bonds.